The van der Waals surface area contributed by atoms with Crippen molar-refractivity contribution in [2.24, 2.45) is 4.36 Å². The summed E-state index contributed by atoms with van der Waals surface area (Å²) in [5.74, 6) is 0.0436. The Bertz CT molecular complexity index is 1010. The molecule has 0 aromatic heterocycles. The van der Waals surface area contributed by atoms with Gasteiger partial charge < -0.3 is 0 Å². The molecule has 1 aliphatic rings. The molecule has 0 saturated heterocycles. The van der Waals surface area contributed by atoms with Gasteiger partial charge >= 0.3 is 0 Å². The summed E-state index contributed by atoms with van der Waals surface area (Å²) in [5.41, 5.74) is 1.15. The molecule has 3 rings (SSSR count). The average molecular weight is 394 g/mol. The molecule has 7 heteroatoms. The second-order valence-electron chi connectivity index (χ2n) is 6.70. The highest BCUT2D eigenvalue weighted by atomic mass is 32.2. The second kappa shape index (κ2) is 7.13. The molecule has 0 saturated carbocycles. The van der Waals surface area contributed by atoms with Crippen molar-refractivity contribution in [3.05, 3.63) is 65.7 Å². The lowest BCUT2D eigenvalue weighted by Gasteiger charge is -2.37. The van der Waals surface area contributed by atoms with E-state index < -0.39 is 25.4 Å². The van der Waals surface area contributed by atoms with Crippen LogP contribution in [0.25, 0.3) is 0 Å². The van der Waals surface area contributed by atoms with Gasteiger partial charge in [0.2, 0.25) is 0 Å². The quantitative estimate of drug-likeness (QED) is 0.732. The van der Waals surface area contributed by atoms with E-state index >= 15 is 0 Å². The molecule has 0 fully saturated rings. The maximum atomic E-state index is 13.6. The first-order valence-corrected chi connectivity index (χ1v) is 11.9. The van der Waals surface area contributed by atoms with Gasteiger partial charge in [0.25, 0.3) is 10.1 Å². The van der Waals surface area contributed by atoms with Gasteiger partial charge in [-0.15, -0.1) is 0 Å². The molecule has 5 nitrogen and oxygen atoms in total. The SMILES string of the molecule is CN=[S@](=O)(CC1(OS(C)(=O)=O)CCc2ccccc2C1)c1ccccc1. The van der Waals surface area contributed by atoms with Crippen LogP contribution in [-0.2, 0) is 36.9 Å². The predicted molar refractivity (Wildman–Crippen MR) is 103 cm³/mol. The average Bonchev–Trinajstić information content (AvgIpc) is 2.60. The number of hydrogen-bond acceptors (Lipinski definition) is 5. The summed E-state index contributed by atoms with van der Waals surface area (Å²) in [6.07, 6.45) is 2.61. The van der Waals surface area contributed by atoms with Crippen LogP contribution in [0.3, 0.4) is 0 Å². The summed E-state index contributed by atoms with van der Waals surface area (Å²) in [6.45, 7) is 0. The molecule has 2 aromatic carbocycles. The lowest BCUT2D eigenvalue weighted by molar-refractivity contribution is 0.0865. The van der Waals surface area contributed by atoms with E-state index in [1.165, 1.54) is 12.6 Å². The van der Waals surface area contributed by atoms with Crippen LogP contribution in [0.2, 0.25) is 0 Å². The van der Waals surface area contributed by atoms with Gasteiger partial charge in [-0.1, -0.05) is 42.5 Å². The van der Waals surface area contributed by atoms with E-state index in [2.05, 4.69) is 4.36 Å². The molecule has 0 spiro atoms. The van der Waals surface area contributed by atoms with Gasteiger partial charge in [-0.3, -0.25) is 4.18 Å². The smallest absolute Gasteiger partial charge is 0.262 e. The highest BCUT2D eigenvalue weighted by molar-refractivity contribution is 7.93. The Hall–Kier alpha value is -1.70. The van der Waals surface area contributed by atoms with Gasteiger partial charge in [-0.2, -0.15) is 8.42 Å². The van der Waals surface area contributed by atoms with Crippen molar-refractivity contribution in [1.29, 1.82) is 0 Å². The fraction of sp³-hybridized carbons (Fsp3) is 0.368. The molecule has 0 bridgehead atoms. The Kier molecular flexibility index (Phi) is 5.23. The molecular formula is C19H23NO4S2. The highest BCUT2D eigenvalue weighted by Crippen LogP contribution is 2.35. The highest BCUT2D eigenvalue weighted by Gasteiger charge is 2.42. The van der Waals surface area contributed by atoms with Crippen molar-refractivity contribution in [3.8, 4) is 0 Å². The maximum absolute atomic E-state index is 13.6. The first-order chi connectivity index (χ1) is 12.3. The van der Waals surface area contributed by atoms with Crippen LogP contribution < -0.4 is 0 Å². The van der Waals surface area contributed by atoms with Crippen LogP contribution in [0, 0.1) is 0 Å². The van der Waals surface area contributed by atoms with Gasteiger partial charge in [0.1, 0.15) is 5.60 Å². The number of hydrogen-bond donors (Lipinski definition) is 0. The molecule has 1 aliphatic carbocycles. The van der Waals surface area contributed by atoms with E-state index in [4.69, 9.17) is 4.18 Å². The molecule has 0 aliphatic heterocycles. The topological polar surface area (TPSA) is 72.8 Å². The molecule has 140 valence electrons. The predicted octanol–water partition coefficient (Wildman–Crippen LogP) is 3.05. The Morgan fingerprint density at radius 1 is 1.00 bits per heavy atom. The van der Waals surface area contributed by atoms with E-state index in [9.17, 15) is 12.6 Å². The molecule has 0 heterocycles. The van der Waals surface area contributed by atoms with Crippen molar-refractivity contribution >= 4 is 19.8 Å². The van der Waals surface area contributed by atoms with Crippen molar-refractivity contribution in [1.82, 2.24) is 0 Å². The van der Waals surface area contributed by atoms with E-state index in [1.54, 1.807) is 24.3 Å². The second-order valence-corrected chi connectivity index (χ2v) is 10.7. The Balaban J connectivity index is 2.05. The van der Waals surface area contributed by atoms with Crippen molar-refractivity contribution in [2.45, 2.75) is 29.8 Å². The zero-order valence-electron chi connectivity index (χ0n) is 14.9. The van der Waals surface area contributed by atoms with Gasteiger partial charge in [0.15, 0.2) is 0 Å². The number of fused-ring (bicyclic) bond motifs is 1. The zero-order valence-corrected chi connectivity index (χ0v) is 16.6. The van der Waals surface area contributed by atoms with Gasteiger partial charge in [0.05, 0.1) is 21.7 Å². The Morgan fingerprint density at radius 3 is 2.23 bits per heavy atom. The summed E-state index contributed by atoms with van der Waals surface area (Å²) in [7, 11) is -5.00. The van der Waals surface area contributed by atoms with E-state index in [1.807, 2.05) is 30.3 Å². The fourth-order valence-corrected chi connectivity index (χ4v) is 6.58. The molecule has 0 N–H and O–H groups in total. The number of benzene rings is 2. The van der Waals surface area contributed by atoms with E-state index in [0.717, 1.165) is 11.8 Å². The summed E-state index contributed by atoms with van der Waals surface area (Å²) in [5, 5.41) is 0. The van der Waals surface area contributed by atoms with Gasteiger partial charge in [0, 0.05) is 18.4 Å². The maximum Gasteiger partial charge on any atom is 0.264 e. The minimum atomic E-state index is -3.71. The largest absolute Gasteiger partial charge is 0.264 e. The first kappa shape index (κ1) is 19.1. The third-order valence-electron chi connectivity index (χ3n) is 4.67. The van der Waals surface area contributed by atoms with Crippen molar-refractivity contribution in [2.75, 3.05) is 19.1 Å². The summed E-state index contributed by atoms with van der Waals surface area (Å²) in [4.78, 5) is 0.595. The molecule has 2 aromatic rings. The lowest BCUT2D eigenvalue weighted by Crippen LogP contribution is -2.46. The standard InChI is InChI=1S/C19H23NO4S2/c1-20-26(23,18-10-4-3-5-11-18)15-19(24-25(2,21)22)13-12-16-8-6-7-9-17(16)14-19/h3-11H,12-15H2,1-2H3/t19?,26-/m0/s1. The summed E-state index contributed by atoms with van der Waals surface area (Å²) < 4.78 is 47.3. The normalized spacial score (nSPS) is 22.2. The first-order valence-electron chi connectivity index (χ1n) is 8.41. The van der Waals surface area contributed by atoms with Crippen LogP contribution >= 0.6 is 0 Å². The monoisotopic (exact) mass is 393 g/mol. The Labute approximate surface area is 155 Å². The molecule has 0 radical (unpaired) electrons. The third-order valence-corrected chi connectivity index (χ3v) is 7.85. The molecule has 1 unspecified atom stereocenters. The molecular weight excluding hydrogens is 370 g/mol. The van der Waals surface area contributed by atoms with Crippen molar-refractivity contribution in [3.63, 3.8) is 0 Å². The Morgan fingerprint density at radius 2 is 1.62 bits per heavy atom. The molecule has 26 heavy (non-hydrogen) atoms. The van der Waals surface area contributed by atoms with Gasteiger partial charge in [-0.25, -0.2) is 8.57 Å². The molecule has 2 atom stereocenters. The van der Waals surface area contributed by atoms with Crippen molar-refractivity contribution < 1.29 is 16.8 Å². The number of rotatable bonds is 5. The van der Waals surface area contributed by atoms with E-state index in [-0.39, 0.29) is 5.75 Å². The summed E-state index contributed by atoms with van der Waals surface area (Å²) in [6, 6.07) is 16.9. The van der Waals surface area contributed by atoms with E-state index in [0.29, 0.717) is 24.2 Å². The third kappa shape index (κ3) is 4.16. The lowest BCUT2D eigenvalue weighted by atomic mass is 9.82. The minimum absolute atomic E-state index is 0.0436. The zero-order chi connectivity index (χ0) is 18.8. The number of nitrogens with zero attached hydrogens (tertiary/aromatic N) is 1. The van der Waals surface area contributed by atoms with Crippen LogP contribution in [0.15, 0.2) is 63.9 Å². The minimum Gasteiger partial charge on any atom is -0.262 e. The van der Waals surface area contributed by atoms with Crippen LogP contribution in [0.5, 0.6) is 0 Å². The van der Waals surface area contributed by atoms with Gasteiger partial charge in [-0.05, 0) is 36.1 Å². The van der Waals surface area contributed by atoms with Crippen LogP contribution in [0.4, 0.5) is 0 Å². The fourth-order valence-electron chi connectivity index (χ4n) is 3.55. The van der Waals surface area contributed by atoms with Crippen LogP contribution in [-0.4, -0.2) is 37.3 Å². The summed E-state index contributed by atoms with van der Waals surface area (Å²) >= 11 is 0. The van der Waals surface area contributed by atoms with Crippen LogP contribution in [0.1, 0.15) is 17.5 Å². The molecule has 0 amide bonds. The number of aryl methyl sites for hydroxylation is 1.